The molecule has 0 heterocycles. The van der Waals surface area contributed by atoms with Crippen LogP contribution in [-0.4, -0.2) is 12.9 Å². The number of hydrogen-bond donors (Lipinski definition) is 2. The van der Waals surface area contributed by atoms with Crippen LogP contribution in [0.3, 0.4) is 0 Å². The lowest BCUT2D eigenvalue weighted by Crippen LogP contribution is -2.11. The minimum atomic E-state index is -0.483. The second-order valence-electron chi connectivity index (χ2n) is 4.30. The third kappa shape index (κ3) is 3.72. The average Bonchev–Trinajstić information content (AvgIpc) is 2.47. The first-order chi connectivity index (χ1) is 10.0. The zero-order chi connectivity index (χ0) is 15.4. The number of amidine groups is 1. The molecule has 0 aliphatic heterocycles. The van der Waals surface area contributed by atoms with Crippen molar-refractivity contribution in [1.82, 2.24) is 0 Å². The molecule has 0 radical (unpaired) electrons. The van der Waals surface area contributed by atoms with E-state index in [4.69, 9.17) is 15.9 Å². The Morgan fingerprint density at radius 3 is 2.67 bits per heavy atom. The van der Waals surface area contributed by atoms with Crippen molar-refractivity contribution in [3.05, 3.63) is 59.2 Å². The van der Waals surface area contributed by atoms with Crippen LogP contribution in [0.15, 0.2) is 41.3 Å². The molecule has 0 bridgehead atoms. The highest BCUT2D eigenvalue weighted by Crippen LogP contribution is 2.30. The van der Waals surface area contributed by atoms with Gasteiger partial charge in [0.1, 0.15) is 23.2 Å². The molecule has 0 atom stereocenters. The summed E-state index contributed by atoms with van der Waals surface area (Å²) in [5.41, 5.74) is 6.78. The molecule has 6 heteroatoms. The third-order valence-corrected chi connectivity index (χ3v) is 3.95. The van der Waals surface area contributed by atoms with Crippen molar-refractivity contribution in [1.29, 1.82) is 5.41 Å². The van der Waals surface area contributed by atoms with Crippen molar-refractivity contribution < 1.29 is 13.5 Å². The van der Waals surface area contributed by atoms with Crippen LogP contribution in [0.2, 0.25) is 0 Å². The highest BCUT2D eigenvalue weighted by atomic mass is 32.2. The van der Waals surface area contributed by atoms with Crippen molar-refractivity contribution >= 4 is 17.6 Å². The molecule has 21 heavy (non-hydrogen) atoms. The Balaban J connectivity index is 2.24. The van der Waals surface area contributed by atoms with Gasteiger partial charge in [-0.3, -0.25) is 5.41 Å². The van der Waals surface area contributed by atoms with E-state index in [-0.39, 0.29) is 10.7 Å². The third-order valence-electron chi connectivity index (χ3n) is 2.87. The Labute approximate surface area is 125 Å². The maximum atomic E-state index is 13.6. The quantitative estimate of drug-likeness (QED) is 0.504. The van der Waals surface area contributed by atoms with Gasteiger partial charge >= 0.3 is 0 Å². The summed E-state index contributed by atoms with van der Waals surface area (Å²) in [6.07, 6.45) is 0. The van der Waals surface area contributed by atoms with Crippen LogP contribution in [0.5, 0.6) is 5.75 Å². The lowest BCUT2D eigenvalue weighted by molar-refractivity contribution is 0.411. The maximum Gasteiger partial charge on any atom is 0.136 e. The maximum absolute atomic E-state index is 13.6. The van der Waals surface area contributed by atoms with Crippen LogP contribution in [0.4, 0.5) is 8.78 Å². The Morgan fingerprint density at radius 1 is 1.24 bits per heavy atom. The first kappa shape index (κ1) is 15.3. The van der Waals surface area contributed by atoms with E-state index < -0.39 is 11.6 Å². The first-order valence-corrected chi connectivity index (χ1v) is 7.09. The van der Waals surface area contributed by atoms with E-state index in [9.17, 15) is 8.78 Å². The topological polar surface area (TPSA) is 59.1 Å². The van der Waals surface area contributed by atoms with Crippen molar-refractivity contribution in [3.8, 4) is 5.75 Å². The number of nitrogens with two attached hydrogens (primary N) is 1. The monoisotopic (exact) mass is 308 g/mol. The van der Waals surface area contributed by atoms with Gasteiger partial charge in [0.05, 0.1) is 7.11 Å². The van der Waals surface area contributed by atoms with Gasteiger partial charge in [-0.25, -0.2) is 8.78 Å². The Kier molecular flexibility index (Phi) is 4.80. The van der Waals surface area contributed by atoms with Crippen molar-refractivity contribution in [2.75, 3.05) is 7.11 Å². The van der Waals surface area contributed by atoms with Crippen molar-refractivity contribution in [2.24, 2.45) is 5.73 Å². The van der Waals surface area contributed by atoms with Crippen LogP contribution < -0.4 is 10.5 Å². The van der Waals surface area contributed by atoms with Gasteiger partial charge < -0.3 is 10.5 Å². The van der Waals surface area contributed by atoms with E-state index >= 15 is 0 Å². The summed E-state index contributed by atoms with van der Waals surface area (Å²) in [4.78, 5) is 0.227. The number of methoxy groups -OCH3 is 1. The van der Waals surface area contributed by atoms with Gasteiger partial charge in [-0.15, -0.1) is 11.8 Å². The molecule has 0 fully saturated rings. The minimum absolute atomic E-state index is 0.0548. The molecule has 2 rings (SSSR count). The second-order valence-corrected chi connectivity index (χ2v) is 5.32. The molecule has 0 aliphatic carbocycles. The summed E-state index contributed by atoms with van der Waals surface area (Å²) in [5, 5.41) is 7.44. The number of ether oxygens (including phenoxy) is 1. The fourth-order valence-corrected chi connectivity index (χ4v) is 2.74. The summed E-state index contributed by atoms with van der Waals surface area (Å²) < 4.78 is 32.0. The molecule has 0 amide bonds. The molecular formula is C15H14F2N2OS. The number of rotatable bonds is 5. The molecular weight excluding hydrogens is 294 g/mol. The Morgan fingerprint density at radius 2 is 2.00 bits per heavy atom. The van der Waals surface area contributed by atoms with E-state index in [1.54, 1.807) is 18.2 Å². The number of nitrogens with one attached hydrogen (secondary N) is 1. The van der Waals surface area contributed by atoms with E-state index in [0.717, 1.165) is 35.5 Å². The van der Waals surface area contributed by atoms with Gasteiger partial charge in [-0.1, -0.05) is 0 Å². The number of thioether (sulfide) groups is 1. The summed E-state index contributed by atoms with van der Waals surface area (Å²) in [5.74, 6) is -0.0124. The molecule has 0 aromatic heterocycles. The fourth-order valence-electron chi connectivity index (χ4n) is 1.80. The summed E-state index contributed by atoms with van der Waals surface area (Å²) in [6, 6.07) is 8.43. The van der Waals surface area contributed by atoms with E-state index in [0.29, 0.717) is 17.1 Å². The number of benzene rings is 2. The number of nitrogen functional groups attached to an aromatic ring is 1. The van der Waals surface area contributed by atoms with Crippen molar-refractivity contribution in [2.45, 2.75) is 10.6 Å². The Bertz CT molecular complexity index is 677. The molecule has 0 saturated heterocycles. The standard InChI is InChI=1S/C15H14F2N2OS/c1-20-13-5-2-9(15(18)19)6-10(13)8-21-14-7-11(16)3-4-12(14)17/h2-7H,8H2,1H3,(H3,18,19). The predicted molar refractivity (Wildman–Crippen MR) is 79.9 cm³/mol. The number of hydrogen-bond acceptors (Lipinski definition) is 3. The van der Waals surface area contributed by atoms with E-state index in [2.05, 4.69) is 0 Å². The van der Waals surface area contributed by atoms with Gasteiger partial charge in [0, 0.05) is 21.8 Å². The van der Waals surface area contributed by atoms with Gasteiger partial charge in [-0.2, -0.15) is 0 Å². The highest BCUT2D eigenvalue weighted by molar-refractivity contribution is 7.98. The van der Waals surface area contributed by atoms with Crippen LogP contribution in [0.25, 0.3) is 0 Å². The zero-order valence-corrected chi connectivity index (χ0v) is 12.1. The fraction of sp³-hybridized carbons (Fsp3) is 0.133. The molecule has 3 N–H and O–H groups in total. The van der Waals surface area contributed by atoms with Crippen LogP contribution in [0, 0.1) is 17.0 Å². The van der Waals surface area contributed by atoms with Crippen molar-refractivity contribution in [3.63, 3.8) is 0 Å². The minimum Gasteiger partial charge on any atom is -0.496 e. The predicted octanol–water partition coefficient (Wildman–Crippen LogP) is 3.55. The van der Waals surface area contributed by atoms with Crippen LogP contribution in [-0.2, 0) is 5.75 Å². The molecule has 3 nitrogen and oxygen atoms in total. The molecule has 0 spiro atoms. The largest absolute Gasteiger partial charge is 0.496 e. The normalized spacial score (nSPS) is 10.4. The lowest BCUT2D eigenvalue weighted by atomic mass is 10.1. The average molecular weight is 308 g/mol. The van der Waals surface area contributed by atoms with E-state index in [1.165, 1.54) is 7.11 Å². The summed E-state index contributed by atoms with van der Waals surface area (Å²) in [7, 11) is 1.53. The van der Waals surface area contributed by atoms with E-state index in [1.807, 2.05) is 0 Å². The molecule has 0 unspecified atom stereocenters. The van der Waals surface area contributed by atoms with Crippen LogP contribution >= 0.6 is 11.8 Å². The smallest absolute Gasteiger partial charge is 0.136 e. The summed E-state index contributed by atoms with van der Waals surface area (Å²) >= 11 is 1.16. The SMILES string of the molecule is COc1ccc(C(=N)N)cc1CSc1cc(F)ccc1F. The molecule has 2 aromatic carbocycles. The van der Waals surface area contributed by atoms with Gasteiger partial charge in [0.25, 0.3) is 0 Å². The van der Waals surface area contributed by atoms with Crippen LogP contribution in [0.1, 0.15) is 11.1 Å². The zero-order valence-electron chi connectivity index (χ0n) is 11.3. The van der Waals surface area contributed by atoms with Gasteiger partial charge in [0.2, 0.25) is 0 Å². The molecule has 0 aliphatic rings. The lowest BCUT2D eigenvalue weighted by Gasteiger charge is -2.10. The molecule has 0 saturated carbocycles. The molecule has 2 aromatic rings. The highest BCUT2D eigenvalue weighted by Gasteiger charge is 2.10. The second kappa shape index (κ2) is 6.58. The van der Waals surface area contributed by atoms with Gasteiger partial charge in [-0.05, 0) is 36.4 Å². The Hall–Kier alpha value is -2.08. The van der Waals surface area contributed by atoms with Gasteiger partial charge in [0.15, 0.2) is 0 Å². The molecule has 110 valence electrons. The number of halogens is 2. The summed E-state index contributed by atoms with van der Waals surface area (Å²) in [6.45, 7) is 0. The first-order valence-electron chi connectivity index (χ1n) is 6.10.